The number of carbonyl (C=O) groups is 3. The Hall–Kier alpha value is -2.80. The Morgan fingerprint density at radius 2 is 2.20 bits per heavy atom. The van der Waals surface area contributed by atoms with Crippen LogP contribution in [0.1, 0.15) is 17.8 Å². The van der Waals surface area contributed by atoms with Gasteiger partial charge in [-0.15, -0.1) is 22.0 Å². The lowest BCUT2D eigenvalue weighted by atomic mass is 10.0. The molecule has 4 rings (SSSR count). The largest absolute Gasteiger partial charge is 0.477 e. The molecule has 2 aliphatic rings. The Labute approximate surface area is 214 Å². The van der Waals surface area contributed by atoms with Gasteiger partial charge in [-0.05, 0) is 12.5 Å². The van der Waals surface area contributed by atoms with Crippen molar-refractivity contribution >= 4 is 75.0 Å². The summed E-state index contributed by atoms with van der Waals surface area (Å²) in [6.45, 7) is 2.16. The van der Waals surface area contributed by atoms with E-state index in [-0.39, 0.29) is 35.5 Å². The number of carbonyl (C=O) groups excluding carboxylic acids is 2. The lowest BCUT2D eigenvalue weighted by molar-refractivity contribution is -0.150. The molecule has 1 saturated heterocycles. The molecule has 1 fully saturated rings. The smallest absolute Gasteiger partial charge is 0.352 e. The van der Waals surface area contributed by atoms with E-state index in [0.717, 1.165) is 11.5 Å². The molecule has 0 aliphatic carbocycles. The first-order valence-electron chi connectivity index (χ1n) is 9.99. The number of aliphatic carboxylic acids is 1. The summed E-state index contributed by atoms with van der Waals surface area (Å²) in [4.78, 5) is 48.0. The number of nitrogens with two attached hydrogens (primary N) is 2. The van der Waals surface area contributed by atoms with Gasteiger partial charge in [0.2, 0.25) is 11.5 Å². The van der Waals surface area contributed by atoms with Crippen LogP contribution >= 0.6 is 46.4 Å². The van der Waals surface area contributed by atoms with E-state index in [9.17, 15) is 19.5 Å². The molecule has 6 N–H and O–H groups in total. The van der Waals surface area contributed by atoms with Crippen LogP contribution in [0.3, 0.4) is 0 Å². The summed E-state index contributed by atoms with van der Waals surface area (Å²) >= 11 is 4.90. The SMILES string of the molecule is CCO/N=C(\C(=O)NC1C(=O)N2C(C(=O)O)=C(CSc3nnc(CN)s3)CS[C@H]12)c1nsc(N)n1. The number of nitrogens with one attached hydrogen (secondary N) is 1. The third-order valence-corrected chi connectivity index (χ3v) is 8.73. The van der Waals surface area contributed by atoms with Crippen LogP contribution in [0.4, 0.5) is 5.13 Å². The summed E-state index contributed by atoms with van der Waals surface area (Å²) in [7, 11) is 0. The Morgan fingerprint density at radius 3 is 2.83 bits per heavy atom. The second kappa shape index (κ2) is 10.9. The highest BCUT2D eigenvalue weighted by Gasteiger charge is 2.54. The highest BCUT2D eigenvalue weighted by Crippen LogP contribution is 2.41. The van der Waals surface area contributed by atoms with Crippen LogP contribution in [0.2, 0.25) is 0 Å². The zero-order valence-electron chi connectivity index (χ0n) is 18.0. The molecule has 2 aliphatic heterocycles. The number of nitrogen functional groups attached to an aromatic ring is 1. The number of β-lactam (4-membered cyclic amide) rings is 1. The van der Waals surface area contributed by atoms with Crippen molar-refractivity contribution in [2.24, 2.45) is 10.9 Å². The average Bonchev–Trinajstić information content (AvgIpc) is 3.49. The van der Waals surface area contributed by atoms with Crippen molar-refractivity contribution in [3.05, 3.63) is 22.1 Å². The maximum absolute atomic E-state index is 12.9. The minimum atomic E-state index is -1.22. The molecule has 0 aromatic carbocycles. The molecule has 0 saturated carbocycles. The Morgan fingerprint density at radius 1 is 1.40 bits per heavy atom. The first kappa shape index (κ1) is 25.3. The number of aromatic nitrogens is 4. The monoisotopic (exact) mass is 557 g/mol. The van der Waals surface area contributed by atoms with Gasteiger partial charge < -0.3 is 26.7 Å². The summed E-state index contributed by atoms with van der Waals surface area (Å²) < 4.78 is 4.63. The molecular weight excluding hydrogens is 539 g/mol. The van der Waals surface area contributed by atoms with Gasteiger partial charge in [0.25, 0.3) is 11.8 Å². The molecule has 2 aromatic heterocycles. The zero-order chi connectivity index (χ0) is 25.1. The van der Waals surface area contributed by atoms with Crippen molar-refractivity contribution < 1.29 is 24.3 Å². The van der Waals surface area contributed by atoms with Gasteiger partial charge in [-0.2, -0.15) is 9.36 Å². The fraction of sp³-hybridized carbons (Fsp3) is 0.412. The van der Waals surface area contributed by atoms with Crippen molar-refractivity contribution in [2.75, 3.05) is 23.8 Å². The minimum Gasteiger partial charge on any atom is -0.477 e. The second-order valence-electron chi connectivity index (χ2n) is 6.89. The number of fused-ring (bicyclic) bond motifs is 1. The Balaban J connectivity index is 1.48. The number of thioether (sulfide) groups is 2. The molecule has 0 bridgehead atoms. The average molecular weight is 558 g/mol. The van der Waals surface area contributed by atoms with Crippen LogP contribution in [0.25, 0.3) is 0 Å². The van der Waals surface area contributed by atoms with Gasteiger partial charge in [-0.1, -0.05) is 28.3 Å². The number of hydrogen-bond donors (Lipinski definition) is 4. The summed E-state index contributed by atoms with van der Waals surface area (Å²) in [5, 5.41) is 24.4. The molecule has 35 heavy (non-hydrogen) atoms. The highest BCUT2D eigenvalue weighted by atomic mass is 32.2. The van der Waals surface area contributed by atoms with Crippen LogP contribution < -0.4 is 16.8 Å². The number of nitrogens with zero attached hydrogens (tertiary/aromatic N) is 6. The van der Waals surface area contributed by atoms with E-state index in [1.54, 1.807) is 6.92 Å². The first-order chi connectivity index (χ1) is 16.8. The van der Waals surface area contributed by atoms with Crippen molar-refractivity contribution in [3.8, 4) is 0 Å². The number of rotatable bonds is 10. The first-order valence-corrected chi connectivity index (χ1v) is 13.6. The molecule has 1 unspecified atom stereocenters. The predicted octanol–water partition coefficient (Wildman–Crippen LogP) is -0.298. The van der Waals surface area contributed by atoms with Crippen molar-refractivity contribution in [2.45, 2.75) is 29.2 Å². The Kier molecular flexibility index (Phi) is 7.85. The van der Waals surface area contributed by atoms with Gasteiger partial charge in [0.05, 0.1) is 0 Å². The van der Waals surface area contributed by atoms with Gasteiger partial charge in [0, 0.05) is 29.6 Å². The number of amides is 2. The lowest BCUT2D eigenvalue weighted by Gasteiger charge is -2.49. The molecule has 18 heteroatoms. The van der Waals surface area contributed by atoms with Gasteiger partial charge in [0.1, 0.15) is 28.7 Å². The van der Waals surface area contributed by atoms with E-state index in [2.05, 4.69) is 30.0 Å². The maximum Gasteiger partial charge on any atom is 0.352 e. The Bertz CT molecular complexity index is 1210. The molecule has 2 aromatic rings. The molecule has 186 valence electrons. The van der Waals surface area contributed by atoms with Gasteiger partial charge in [-0.3, -0.25) is 14.5 Å². The summed E-state index contributed by atoms with van der Waals surface area (Å²) in [5.74, 6) is -1.84. The standard InChI is InChI=1S/C17H19N9O5S4/c1-2-31-24-8(11-21-16(19)35-25-11)12(27)20-9-13(28)26-10(15(29)30)6(4-32-14(9)26)5-33-17-23-22-7(3-18)34-17/h9,14H,2-5,18H2,1H3,(H,20,27)(H,29,30)(H2,19,21,25)/b24-8-/t9?,14-/m1/s1. The van der Waals surface area contributed by atoms with Crippen LogP contribution in [0.15, 0.2) is 20.8 Å². The van der Waals surface area contributed by atoms with E-state index < -0.39 is 29.2 Å². The van der Waals surface area contributed by atoms with E-state index in [1.165, 1.54) is 39.8 Å². The fourth-order valence-electron chi connectivity index (χ4n) is 3.18. The van der Waals surface area contributed by atoms with Crippen LogP contribution in [0.5, 0.6) is 0 Å². The summed E-state index contributed by atoms with van der Waals surface area (Å²) in [6, 6.07) is -0.950. The van der Waals surface area contributed by atoms with Crippen LogP contribution in [-0.4, -0.2) is 82.6 Å². The van der Waals surface area contributed by atoms with Crippen molar-refractivity contribution in [3.63, 3.8) is 0 Å². The number of anilines is 1. The quantitative estimate of drug-likeness (QED) is 0.128. The summed E-state index contributed by atoms with van der Waals surface area (Å²) in [6.07, 6.45) is 0. The molecule has 0 radical (unpaired) electrons. The number of oxime groups is 1. The third-order valence-electron chi connectivity index (χ3n) is 4.68. The minimum absolute atomic E-state index is 0.0294. The predicted molar refractivity (Wildman–Crippen MR) is 131 cm³/mol. The van der Waals surface area contributed by atoms with Gasteiger partial charge in [-0.25, -0.2) is 4.79 Å². The normalized spacial score (nSPS) is 19.9. The van der Waals surface area contributed by atoms with Crippen molar-refractivity contribution in [1.82, 2.24) is 29.8 Å². The fourth-order valence-corrected chi connectivity index (χ4v) is 6.87. The van der Waals surface area contributed by atoms with E-state index in [4.69, 9.17) is 16.3 Å². The molecule has 2 amide bonds. The van der Waals surface area contributed by atoms with E-state index >= 15 is 0 Å². The topological polar surface area (TPSA) is 212 Å². The van der Waals surface area contributed by atoms with E-state index in [0.29, 0.717) is 26.4 Å². The van der Waals surface area contributed by atoms with Gasteiger partial charge in [0.15, 0.2) is 9.47 Å². The van der Waals surface area contributed by atoms with Crippen LogP contribution in [0, 0.1) is 0 Å². The molecule has 0 spiro atoms. The second-order valence-corrected chi connectivity index (χ2v) is 11.1. The number of hydrogen-bond acceptors (Lipinski definition) is 15. The van der Waals surface area contributed by atoms with Crippen LogP contribution in [-0.2, 0) is 25.8 Å². The molecule has 14 nitrogen and oxygen atoms in total. The molecular formula is C17H19N9O5S4. The number of carboxylic acids is 1. The van der Waals surface area contributed by atoms with Gasteiger partial charge >= 0.3 is 5.97 Å². The molecule has 2 atom stereocenters. The number of carboxylic acid groups (broad SMARTS) is 1. The highest BCUT2D eigenvalue weighted by molar-refractivity contribution is 8.01. The molecule has 4 heterocycles. The lowest BCUT2D eigenvalue weighted by Crippen LogP contribution is -2.71. The zero-order valence-corrected chi connectivity index (χ0v) is 21.3. The van der Waals surface area contributed by atoms with Crippen molar-refractivity contribution in [1.29, 1.82) is 0 Å². The third kappa shape index (κ3) is 5.25. The maximum atomic E-state index is 12.9. The van der Waals surface area contributed by atoms with E-state index in [1.807, 2.05) is 0 Å². The summed E-state index contributed by atoms with van der Waals surface area (Å²) in [5.41, 5.74) is 11.4.